The summed E-state index contributed by atoms with van der Waals surface area (Å²) >= 11 is 4.35. The molecule has 0 nitrogen and oxygen atoms in total. The van der Waals surface area contributed by atoms with Gasteiger partial charge in [-0.25, -0.2) is 0 Å². The van der Waals surface area contributed by atoms with Crippen molar-refractivity contribution in [1.82, 2.24) is 0 Å². The normalized spacial score (nSPS) is 12.9. The van der Waals surface area contributed by atoms with E-state index >= 15 is 0 Å². The predicted molar refractivity (Wildman–Crippen MR) is 37.9 cm³/mol. The largest absolute Gasteiger partial charge is 0.173 e. The Morgan fingerprint density at radius 2 is 1.43 bits per heavy atom. The quantitative estimate of drug-likeness (QED) is 0.502. The van der Waals surface area contributed by atoms with E-state index in [9.17, 15) is 0 Å². The first-order chi connectivity index (χ1) is 2.94. The molecule has 0 N–H and O–H groups in total. The van der Waals surface area contributed by atoms with Crippen LogP contribution in [0, 0.1) is 5.92 Å². The van der Waals surface area contributed by atoms with E-state index in [4.69, 9.17) is 0 Å². The maximum atomic E-state index is 4.35. The van der Waals surface area contributed by atoms with E-state index in [1.807, 2.05) is 0 Å². The number of thiol groups is 1. The van der Waals surface area contributed by atoms with E-state index in [-0.39, 0.29) is 4.75 Å². The second-order valence-corrected chi connectivity index (χ2v) is 3.96. The Labute approximate surface area is 51.7 Å². The first kappa shape index (κ1) is 7.35. The minimum Gasteiger partial charge on any atom is -0.173 e. The van der Waals surface area contributed by atoms with Crippen LogP contribution in [0.3, 0.4) is 0 Å². The van der Waals surface area contributed by atoms with E-state index in [2.05, 4.69) is 40.3 Å². The molecule has 0 bridgehead atoms. The SMILES string of the molecule is CC(C)C(C)(C)S. The highest BCUT2D eigenvalue weighted by atomic mass is 32.1. The van der Waals surface area contributed by atoms with Crippen LogP contribution in [0.15, 0.2) is 0 Å². The molecule has 0 rings (SSSR count). The maximum absolute atomic E-state index is 4.35. The van der Waals surface area contributed by atoms with Crippen LogP contribution in [-0.4, -0.2) is 4.75 Å². The number of hydrogen-bond donors (Lipinski definition) is 1. The Bertz CT molecular complexity index is 49.7. The molecule has 7 heavy (non-hydrogen) atoms. The summed E-state index contributed by atoms with van der Waals surface area (Å²) in [5, 5.41) is 0. The van der Waals surface area contributed by atoms with Crippen molar-refractivity contribution in [1.29, 1.82) is 0 Å². The molecule has 0 aliphatic rings. The minimum absolute atomic E-state index is 0.194. The summed E-state index contributed by atoms with van der Waals surface area (Å²) in [7, 11) is 0. The van der Waals surface area contributed by atoms with Crippen molar-refractivity contribution in [2.45, 2.75) is 32.4 Å². The molecule has 0 aromatic carbocycles. The van der Waals surface area contributed by atoms with Crippen LogP contribution in [0.2, 0.25) is 0 Å². The van der Waals surface area contributed by atoms with Gasteiger partial charge in [-0.05, 0) is 5.92 Å². The third-order valence-electron chi connectivity index (χ3n) is 1.41. The van der Waals surface area contributed by atoms with Gasteiger partial charge in [0.2, 0.25) is 0 Å². The highest BCUT2D eigenvalue weighted by molar-refractivity contribution is 7.81. The standard InChI is InChI=1S/C6H14S/c1-5(2)6(3,4)7/h5,7H,1-4H3. The number of rotatable bonds is 1. The molecule has 0 amide bonds. The van der Waals surface area contributed by atoms with E-state index in [1.54, 1.807) is 0 Å². The summed E-state index contributed by atoms with van der Waals surface area (Å²) in [4.78, 5) is 0. The van der Waals surface area contributed by atoms with Crippen molar-refractivity contribution in [2.75, 3.05) is 0 Å². The van der Waals surface area contributed by atoms with Crippen molar-refractivity contribution < 1.29 is 0 Å². The maximum Gasteiger partial charge on any atom is 0.00960 e. The summed E-state index contributed by atoms with van der Waals surface area (Å²) in [5.41, 5.74) is 0. The Balaban J connectivity index is 3.54. The van der Waals surface area contributed by atoms with Gasteiger partial charge in [-0.3, -0.25) is 0 Å². The molecule has 44 valence electrons. The molecule has 0 spiro atoms. The lowest BCUT2D eigenvalue weighted by Gasteiger charge is -2.21. The molecule has 0 saturated heterocycles. The highest BCUT2D eigenvalue weighted by Crippen LogP contribution is 2.21. The van der Waals surface area contributed by atoms with Crippen LogP contribution >= 0.6 is 12.6 Å². The minimum atomic E-state index is 0.194. The van der Waals surface area contributed by atoms with Gasteiger partial charge in [0, 0.05) is 4.75 Å². The zero-order valence-electron chi connectivity index (χ0n) is 5.52. The van der Waals surface area contributed by atoms with Gasteiger partial charge >= 0.3 is 0 Å². The molecule has 0 aliphatic carbocycles. The molecule has 0 fully saturated rings. The van der Waals surface area contributed by atoms with Gasteiger partial charge in [0.15, 0.2) is 0 Å². The summed E-state index contributed by atoms with van der Waals surface area (Å²) in [6, 6.07) is 0. The first-order valence-electron chi connectivity index (χ1n) is 2.67. The third-order valence-corrected chi connectivity index (χ3v) is 1.93. The average molecular weight is 118 g/mol. The summed E-state index contributed by atoms with van der Waals surface area (Å²) in [5.74, 6) is 0.663. The lowest BCUT2D eigenvalue weighted by Crippen LogP contribution is -2.18. The Kier molecular flexibility index (Phi) is 2.18. The molecule has 0 aliphatic heterocycles. The zero-order valence-corrected chi connectivity index (χ0v) is 6.42. The molecule has 0 radical (unpaired) electrons. The van der Waals surface area contributed by atoms with Gasteiger partial charge in [0.25, 0.3) is 0 Å². The summed E-state index contributed by atoms with van der Waals surface area (Å²) in [6.45, 7) is 8.60. The van der Waals surface area contributed by atoms with Gasteiger partial charge in [0.05, 0.1) is 0 Å². The second kappa shape index (κ2) is 2.08. The predicted octanol–water partition coefficient (Wildman–Crippen LogP) is 2.35. The van der Waals surface area contributed by atoms with E-state index in [0.29, 0.717) is 5.92 Å². The molecule has 0 unspecified atom stereocenters. The molecular weight excluding hydrogens is 104 g/mol. The van der Waals surface area contributed by atoms with Crippen molar-refractivity contribution in [3.05, 3.63) is 0 Å². The van der Waals surface area contributed by atoms with Crippen LogP contribution in [0.5, 0.6) is 0 Å². The van der Waals surface area contributed by atoms with Crippen molar-refractivity contribution in [2.24, 2.45) is 5.92 Å². The summed E-state index contributed by atoms with van der Waals surface area (Å²) < 4.78 is 0.194. The lowest BCUT2D eigenvalue weighted by molar-refractivity contribution is 0.508. The molecule has 0 heterocycles. The van der Waals surface area contributed by atoms with Gasteiger partial charge in [-0.2, -0.15) is 12.6 Å². The van der Waals surface area contributed by atoms with E-state index in [0.717, 1.165) is 0 Å². The fourth-order valence-electron chi connectivity index (χ4n) is 0. The second-order valence-electron chi connectivity index (χ2n) is 2.81. The molecule has 0 aromatic rings. The molecule has 0 atom stereocenters. The highest BCUT2D eigenvalue weighted by Gasteiger charge is 2.15. The Morgan fingerprint density at radius 3 is 1.43 bits per heavy atom. The van der Waals surface area contributed by atoms with Crippen LogP contribution < -0.4 is 0 Å². The fraction of sp³-hybridized carbons (Fsp3) is 1.00. The van der Waals surface area contributed by atoms with Crippen molar-refractivity contribution >= 4 is 12.6 Å². The fourth-order valence-corrected chi connectivity index (χ4v) is 0. The summed E-state index contributed by atoms with van der Waals surface area (Å²) in [6.07, 6.45) is 0. The smallest absolute Gasteiger partial charge is 0.00960 e. The lowest BCUT2D eigenvalue weighted by atomic mass is 10.00. The molecule has 1 heteroatoms. The third kappa shape index (κ3) is 2.98. The Hall–Kier alpha value is 0.350. The van der Waals surface area contributed by atoms with Gasteiger partial charge < -0.3 is 0 Å². The van der Waals surface area contributed by atoms with Crippen molar-refractivity contribution in [3.63, 3.8) is 0 Å². The van der Waals surface area contributed by atoms with Crippen molar-refractivity contribution in [3.8, 4) is 0 Å². The monoisotopic (exact) mass is 118 g/mol. The van der Waals surface area contributed by atoms with Gasteiger partial charge in [-0.15, -0.1) is 0 Å². The number of hydrogen-bond acceptors (Lipinski definition) is 1. The van der Waals surface area contributed by atoms with Crippen LogP contribution in [0.1, 0.15) is 27.7 Å². The van der Waals surface area contributed by atoms with Crippen LogP contribution in [-0.2, 0) is 0 Å². The Morgan fingerprint density at radius 1 is 1.29 bits per heavy atom. The molecular formula is C6H14S. The first-order valence-corrected chi connectivity index (χ1v) is 3.11. The topological polar surface area (TPSA) is 0 Å². The molecule has 0 aromatic heterocycles. The van der Waals surface area contributed by atoms with Crippen LogP contribution in [0.4, 0.5) is 0 Å². The van der Waals surface area contributed by atoms with E-state index in [1.165, 1.54) is 0 Å². The molecule has 0 saturated carbocycles. The van der Waals surface area contributed by atoms with Crippen LogP contribution in [0.25, 0.3) is 0 Å². The van der Waals surface area contributed by atoms with E-state index < -0.39 is 0 Å². The average Bonchev–Trinajstić information content (AvgIpc) is 1.31. The van der Waals surface area contributed by atoms with Gasteiger partial charge in [-0.1, -0.05) is 27.7 Å². The zero-order chi connectivity index (χ0) is 6.08. The van der Waals surface area contributed by atoms with Gasteiger partial charge in [0.1, 0.15) is 0 Å².